The molecule has 2 atom stereocenters. The third-order valence-corrected chi connectivity index (χ3v) is 5.35. The zero-order valence-corrected chi connectivity index (χ0v) is 22.9. The minimum atomic E-state index is -0.628. The first-order valence-electron chi connectivity index (χ1n) is 12.9. The molecule has 0 amide bonds. The molecule has 2 aliphatic carbocycles. The summed E-state index contributed by atoms with van der Waals surface area (Å²) in [6, 6.07) is 0. The number of hydrogen-bond donors (Lipinski definition) is 4. The largest absolute Gasteiger partial charge is 0.491 e. The molecule has 0 saturated heterocycles. The van der Waals surface area contributed by atoms with E-state index in [1.54, 1.807) is 24.3 Å². The minimum absolute atomic E-state index is 0.138. The maximum absolute atomic E-state index is 9.44. The van der Waals surface area contributed by atoms with E-state index in [0.29, 0.717) is 49.3 Å². The number of anilines is 3. The Hall–Kier alpha value is -4.39. The highest BCUT2D eigenvalue weighted by molar-refractivity contribution is 5.98. The number of nitrogens with zero attached hydrogens (tertiary/aromatic N) is 7. The number of aliphatic hydroxyl groups is 1. The Balaban J connectivity index is 2.00. The highest BCUT2D eigenvalue weighted by Crippen LogP contribution is 2.25. The number of hydrogen-bond acceptors (Lipinski definition) is 11. The predicted molar refractivity (Wildman–Crippen MR) is 146 cm³/mol. The van der Waals surface area contributed by atoms with Gasteiger partial charge in [0.05, 0.1) is 43.4 Å². The third kappa shape index (κ3) is 7.82. The van der Waals surface area contributed by atoms with Crippen molar-refractivity contribution in [3.8, 4) is 0 Å². The summed E-state index contributed by atoms with van der Waals surface area (Å²) >= 11 is 0. The van der Waals surface area contributed by atoms with E-state index in [9.17, 15) is 16.2 Å². The standard InChI is InChI=1S/C25H34N10O5/c1-5-37-19-13-17(34-26)21(39-7-3)11-15(19)29-24-31-23(28-9-10-36)32-25(33-24)30-16-12-22(40-8-4)18(35-27)14-20(16)38-6-2/h11-14,21-22,36H,5-10H2,1-4H3,(H3,28,29,30,31,32,33). The highest BCUT2D eigenvalue weighted by Gasteiger charge is 2.31. The first-order valence-corrected chi connectivity index (χ1v) is 12.9. The molecule has 0 radical (unpaired) electrons. The lowest BCUT2D eigenvalue weighted by Gasteiger charge is -2.21. The molecule has 0 spiro atoms. The molecule has 15 heteroatoms. The van der Waals surface area contributed by atoms with Gasteiger partial charge in [-0.15, -0.1) is 0 Å². The lowest BCUT2D eigenvalue weighted by atomic mass is 10.1. The summed E-state index contributed by atoms with van der Waals surface area (Å²) < 4.78 is 22.8. The van der Waals surface area contributed by atoms with Crippen molar-refractivity contribution < 1.29 is 33.6 Å². The van der Waals surface area contributed by atoms with Gasteiger partial charge >= 0.3 is 11.4 Å². The second-order valence-electron chi connectivity index (χ2n) is 8.05. The van der Waals surface area contributed by atoms with Gasteiger partial charge in [0.15, 0.2) is 12.2 Å². The fourth-order valence-electron chi connectivity index (χ4n) is 3.76. The molecule has 1 heterocycles. The number of aromatic nitrogens is 3. The smallest absolute Gasteiger partial charge is 0.328 e. The Morgan fingerprint density at radius 2 is 1.20 bits per heavy atom. The molecular formula is C25H34N10O5. The zero-order valence-electron chi connectivity index (χ0n) is 22.9. The molecule has 3 rings (SSSR count). The molecule has 2 unspecified atom stereocenters. The van der Waals surface area contributed by atoms with Crippen molar-refractivity contribution in [1.29, 1.82) is 0 Å². The van der Waals surface area contributed by atoms with E-state index in [0.717, 1.165) is 0 Å². The Labute approximate surface area is 231 Å². The maximum Gasteiger partial charge on any atom is 0.328 e. The molecule has 0 aromatic carbocycles. The molecule has 15 nitrogen and oxygen atoms in total. The van der Waals surface area contributed by atoms with Crippen molar-refractivity contribution in [3.63, 3.8) is 0 Å². The van der Waals surface area contributed by atoms with E-state index < -0.39 is 12.2 Å². The molecule has 1 aromatic heterocycles. The quantitative estimate of drug-likeness (QED) is 0.182. The summed E-state index contributed by atoms with van der Waals surface area (Å²) in [4.78, 5) is 20.0. The highest BCUT2D eigenvalue weighted by atomic mass is 16.5. The van der Waals surface area contributed by atoms with Crippen LogP contribution in [0.25, 0.3) is 11.1 Å². The number of nitrogens with one attached hydrogen (secondary N) is 3. The monoisotopic (exact) mass is 554 g/mol. The van der Waals surface area contributed by atoms with Crippen LogP contribution in [0.1, 0.15) is 27.7 Å². The van der Waals surface area contributed by atoms with Gasteiger partial charge in [-0.05, 0) is 39.8 Å². The van der Waals surface area contributed by atoms with Gasteiger partial charge < -0.3 is 51.1 Å². The molecule has 2 aliphatic rings. The van der Waals surface area contributed by atoms with Crippen LogP contribution in [-0.2, 0) is 18.9 Å². The third-order valence-electron chi connectivity index (χ3n) is 5.35. The first-order chi connectivity index (χ1) is 19.5. The minimum Gasteiger partial charge on any atom is -0.491 e. The Morgan fingerprint density at radius 3 is 1.57 bits per heavy atom. The molecule has 1 aromatic rings. The van der Waals surface area contributed by atoms with Crippen molar-refractivity contribution in [2.45, 2.75) is 39.9 Å². The summed E-state index contributed by atoms with van der Waals surface area (Å²) in [6.45, 7) is 8.87. The SMILES string of the molecule is CCOC1=CC(=[N+]=[N-])C(OCC)C=C1Nc1nc(NCCO)nc(NC2=CC(OCC)C(=[N+]=[N-])C=C2OCC)n1. The van der Waals surface area contributed by atoms with E-state index in [1.165, 1.54) is 0 Å². The van der Waals surface area contributed by atoms with Gasteiger partial charge in [0.25, 0.3) is 0 Å². The lowest BCUT2D eigenvalue weighted by Crippen LogP contribution is -2.29. The Bertz CT molecular complexity index is 1190. The van der Waals surface area contributed by atoms with E-state index in [1.807, 2.05) is 27.7 Å². The average Bonchev–Trinajstić information content (AvgIpc) is 2.95. The Morgan fingerprint density at radius 1 is 0.750 bits per heavy atom. The van der Waals surface area contributed by atoms with E-state index >= 15 is 0 Å². The van der Waals surface area contributed by atoms with Gasteiger partial charge in [-0.3, -0.25) is 0 Å². The molecule has 0 fully saturated rings. The molecule has 40 heavy (non-hydrogen) atoms. The molecule has 4 N–H and O–H groups in total. The topological polar surface area (TPSA) is 205 Å². The van der Waals surface area contributed by atoms with Gasteiger partial charge in [-0.2, -0.15) is 24.5 Å². The van der Waals surface area contributed by atoms with E-state index in [4.69, 9.17) is 18.9 Å². The second kappa shape index (κ2) is 15.3. The molecule has 0 bridgehead atoms. The normalized spacial score (nSPS) is 18.4. The summed E-state index contributed by atoms with van der Waals surface area (Å²) in [7, 11) is 0. The second-order valence-corrected chi connectivity index (χ2v) is 8.05. The van der Waals surface area contributed by atoms with Crippen LogP contribution in [0, 0.1) is 0 Å². The summed E-state index contributed by atoms with van der Waals surface area (Å²) in [5.74, 6) is 1.28. The van der Waals surface area contributed by atoms with Crippen molar-refractivity contribution in [3.05, 3.63) is 58.3 Å². The lowest BCUT2D eigenvalue weighted by molar-refractivity contribution is -0.0225. The van der Waals surface area contributed by atoms with Crippen LogP contribution in [0.15, 0.2) is 47.2 Å². The predicted octanol–water partition coefficient (Wildman–Crippen LogP) is 1.89. The van der Waals surface area contributed by atoms with Crippen LogP contribution in [0.5, 0.6) is 0 Å². The van der Waals surface area contributed by atoms with Gasteiger partial charge in [0.1, 0.15) is 11.5 Å². The van der Waals surface area contributed by atoms with Crippen LogP contribution >= 0.6 is 0 Å². The maximum atomic E-state index is 9.44. The molecular weight excluding hydrogens is 520 g/mol. The summed E-state index contributed by atoms with van der Waals surface area (Å²) in [6.07, 6.45) is 5.27. The van der Waals surface area contributed by atoms with Crippen LogP contribution in [-0.4, -0.2) is 92.8 Å². The van der Waals surface area contributed by atoms with Crippen molar-refractivity contribution in [1.82, 2.24) is 15.0 Å². The summed E-state index contributed by atoms with van der Waals surface area (Å²) in [5.41, 5.74) is 20.4. The van der Waals surface area contributed by atoms with Crippen LogP contribution < -0.4 is 16.0 Å². The van der Waals surface area contributed by atoms with Gasteiger partial charge in [-0.1, -0.05) is 0 Å². The Kier molecular flexibility index (Phi) is 11.5. The van der Waals surface area contributed by atoms with Gasteiger partial charge in [-0.25, -0.2) is 0 Å². The van der Waals surface area contributed by atoms with E-state index in [-0.39, 0.29) is 42.4 Å². The zero-order chi connectivity index (χ0) is 28.9. The first kappa shape index (κ1) is 30.2. The number of ether oxygens (including phenoxy) is 4. The molecule has 0 saturated carbocycles. The fraction of sp³-hybridized carbons (Fsp3) is 0.480. The van der Waals surface area contributed by atoms with Crippen LogP contribution in [0.4, 0.5) is 17.8 Å². The summed E-state index contributed by atoms with van der Waals surface area (Å²) in [5, 5.41) is 18.5. The van der Waals surface area contributed by atoms with E-state index in [2.05, 4.69) is 40.5 Å². The fourth-order valence-corrected chi connectivity index (χ4v) is 3.76. The van der Waals surface area contributed by atoms with Crippen molar-refractivity contribution in [2.75, 3.05) is 55.5 Å². The van der Waals surface area contributed by atoms with Gasteiger partial charge in [0, 0.05) is 19.8 Å². The van der Waals surface area contributed by atoms with Crippen molar-refractivity contribution in [2.24, 2.45) is 0 Å². The number of aliphatic hydroxyl groups excluding tert-OH is 1. The average molecular weight is 555 g/mol. The number of rotatable bonds is 15. The van der Waals surface area contributed by atoms with Gasteiger partial charge in [0.2, 0.25) is 17.8 Å². The molecule has 0 aliphatic heterocycles. The van der Waals surface area contributed by atoms with Crippen molar-refractivity contribution >= 4 is 29.3 Å². The van der Waals surface area contributed by atoms with Crippen LogP contribution in [0.3, 0.4) is 0 Å². The molecule has 214 valence electrons. The van der Waals surface area contributed by atoms with Crippen LogP contribution in [0.2, 0.25) is 0 Å².